The Hall–Kier alpha value is -0.0800. The third-order valence-electron chi connectivity index (χ3n) is 2.15. The van der Waals surface area contributed by atoms with Gasteiger partial charge in [-0.1, -0.05) is 20.3 Å². The minimum absolute atomic E-state index is 0.000880. The number of rotatable bonds is 4. The van der Waals surface area contributed by atoms with Crippen molar-refractivity contribution in [1.82, 2.24) is 0 Å². The van der Waals surface area contributed by atoms with E-state index in [-0.39, 0.29) is 18.3 Å². The summed E-state index contributed by atoms with van der Waals surface area (Å²) in [5.74, 6) is 0.0802. The zero-order valence-electron chi connectivity index (χ0n) is 7.95. The maximum Gasteiger partial charge on any atom is 0.158 e. The molecule has 0 bridgehead atoms. The third-order valence-corrected chi connectivity index (χ3v) is 2.15. The molecule has 12 heavy (non-hydrogen) atoms. The molecule has 1 aliphatic heterocycles. The van der Waals surface area contributed by atoms with Crippen molar-refractivity contribution in [3.05, 3.63) is 6.92 Å². The van der Waals surface area contributed by atoms with E-state index in [0.29, 0.717) is 6.61 Å². The molecule has 1 rings (SSSR count). The monoisotopic (exact) mass is 170 g/mol. The molecule has 0 aromatic rings. The maximum atomic E-state index is 5.68. The minimum Gasteiger partial charge on any atom is -0.350 e. The fraction of sp³-hybridized carbons (Fsp3) is 0.900. The van der Waals surface area contributed by atoms with E-state index in [1.54, 1.807) is 0 Å². The summed E-state index contributed by atoms with van der Waals surface area (Å²) < 4.78 is 11.0. The molecule has 3 atom stereocenters. The maximum absolute atomic E-state index is 5.68. The standard InChI is InChI=1S/C10H18O2/c1-4-5-6-10-11-7-9(12-10)8(2)3/h2,8-10H,4-7H2,1,3H3. The smallest absolute Gasteiger partial charge is 0.158 e. The van der Waals surface area contributed by atoms with Crippen LogP contribution in [-0.4, -0.2) is 19.0 Å². The normalized spacial score (nSPS) is 30.0. The SMILES string of the molecule is [CH]C(C)C1COC(CCCC)O1. The Balaban J connectivity index is 2.17. The first-order valence-corrected chi connectivity index (χ1v) is 4.76. The van der Waals surface area contributed by atoms with E-state index in [9.17, 15) is 0 Å². The second-order valence-corrected chi connectivity index (χ2v) is 3.44. The molecule has 0 spiro atoms. The lowest BCUT2D eigenvalue weighted by atomic mass is 10.1. The van der Waals surface area contributed by atoms with Crippen LogP contribution in [-0.2, 0) is 9.47 Å². The van der Waals surface area contributed by atoms with Crippen LogP contribution in [0.5, 0.6) is 0 Å². The van der Waals surface area contributed by atoms with Gasteiger partial charge in [0.05, 0.1) is 12.7 Å². The molecule has 2 nitrogen and oxygen atoms in total. The van der Waals surface area contributed by atoms with Gasteiger partial charge in [-0.05, 0) is 25.7 Å². The number of unbranched alkanes of at least 4 members (excludes halogenated alkanes) is 1. The van der Waals surface area contributed by atoms with E-state index in [1.807, 2.05) is 6.92 Å². The zero-order valence-corrected chi connectivity index (χ0v) is 7.95. The molecule has 70 valence electrons. The Morgan fingerprint density at radius 3 is 2.83 bits per heavy atom. The van der Waals surface area contributed by atoms with Crippen LogP contribution in [0, 0.1) is 12.8 Å². The Kier molecular flexibility index (Phi) is 4.02. The molecule has 1 fully saturated rings. The summed E-state index contributed by atoms with van der Waals surface area (Å²) in [4.78, 5) is 0. The first-order valence-electron chi connectivity index (χ1n) is 4.76. The van der Waals surface area contributed by atoms with Gasteiger partial charge in [-0.15, -0.1) is 0 Å². The average molecular weight is 170 g/mol. The van der Waals surface area contributed by atoms with Gasteiger partial charge in [0.2, 0.25) is 0 Å². The molecule has 0 amide bonds. The molecule has 0 aromatic heterocycles. The second-order valence-electron chi connectivity index (χ2n) is 3.44. The Morgan fingerprint density at radius 1 is 1.58 bits per heavy atom. The lowest BCUT2D eigenvalue weighted by Crippen LogP contribution is -2.18. The van der Waals surface area contributed by atoms with Gasteiger partial charge in [0, 0.05) is 0 Å². The molecule has 3 unspecified atom stereocenters. The second kappa shape index (κ2) is 4.83. The topological polar surface area (TPSA) is 18.5 Å². The van der Waals surface area contributed by atoms with Gasteiger partial charge in [-0.25, -0.2) is 0 Å². The summed E-state index contributed by atoms with van der Waals surface area (Å²) in [6.45, 7) is 10.5. The summed E-state index contributed by atoms with van der Waals surface area (Å²) in [5.41, 5.74) is 0. The van der Waals surface area contributed by atoms with Crippen LogP contribution in [0.1, 0.15) is 33.1 Å². The fourth-order valence-corrected chi connectivity index (χ4v) is 1.27. The molecule has 0 saturated carbocycles. The van der Waals surface area contributed by atoms with Crippen molar-refractivity contribution in [2.45, 2.75) is 45.5 Å². The molecule has 0 aromatic carbocycles. The lowest BCUT2D eigenvalue weighted by molar-refractivity contribution is -0.0679. The van der Waals surface area contributed by atoms with Crippen molar-refractivity contribution in [3.63, 3.8) is 0 Å². The predicted octanol–water partition coefficient (Wildman–Crippen LogP) is 2.27. The van der Waals surface area contributed by atoms with Crippen molar-refractivity contribution in [2.24, 2.45) is 5.92 Å². The number of hydrogen-bond acceptors (Lipinski definition) is 2. The number of hydrogen-bond donors (Lipinski definition) is 0. The lowest BCUT2D eigenvalue weighted by Gasteiger charge is -2.13. The first kappa shape index (κ1) is 10.0. The Labute approximate surface area is 75.2 Å². The molecule has 2 radical (unpaired) electrons. The highest BCUT2D eigenvalue weighted by Crippen LogP contribution is 2.21. The van der Waals surface area contributed by atoms with Crippen molar-refractivity contribution in [1.29, 1.82) is 0 Å². The molecular formula is C10H18O2. The van der Waals surface area contributed by atoms with Crippen LogP contribution in [0.15, 0.2) is 0 Å². The molecular weight excluding hydrogens is 152 g/mol. The zero-order chi connectivity index (χ0) is 8.97. The summed E-state index contributed by atoms with van der Waals surface area (Å²) >= 11 is 0. The van der Waals surface area contributed by atoms with Crippen LogP contribution in [0.3, 0.4) is 0 Å². The van der Waals surface area contributed by atoms with Crippen molar-refractivity contribution >= 4 is 0 Å². The summed E-state index contributed by atoms with van der Waals surface area (Å²) in [6.07, 6.45) is 3.45. The van der Waals surface area contributed by atoms with E-state index >= 15 is 0 Å². The van der Waals surface area contributed by atoms with E-state index in [4.69, 9.17) is 16.4 Å². The number of ether oxygens (including phenoxy) is 2. The van der Waals surface area contributed by atoms with Gasteiger partial charge < -0.3 is 9.47 Å². The highest BCUT2D eigenvalue weighted by Gasteiger charge is 2.27. The van der Waals surface area contributed by atoms with Gasteiger partial charge in [0.1, 0.15) is 0 Å². The van der Waals surface area contributed by atoms with Gasteiger partial charge in [0.25, 0.3) is 0 Å². The fourth-order valence-electron chi connectivity index (χ4n) is 1.27. The van der Waals surface area contributed by atoms with Crippen LogP contribution < -0.4 is 0 Å². The predicted molar refractivity (Wildman–Crippen MR) is 47.6 cm³/mol. The molecule has 0 aliphatic carbocycles. The van der Waals surface area contributed by atoms with Crippen molar-refractivity contribution < 1.29 is 9.47 Å². The van der Waals surface area contributed by atoms with Crippen LogP contribution >= 0.6 is 0 Å². The van der Waals surface area contributed by atoms with E-state index in [2.05, 4.69) is 6.92 Å². The quantitative estimate of drug-likeness (QED) is 0.644. The van der Waals surface area contributed by atoms with Gasteiger partial charge in [-0.3, -0.25) is 0 Å². The minimum atomic E-state index is 0.000880. The molecule has 2 heteroatoms. The largest absolute Gasteiger partial charge is 0.350 e. The van der Waals surface area contributed by atoms with E-state index in [1.165, 1.54) is 6.42 Å². The highest BCUT2D eigenvalue weighted by atomic mass is 16.7. The molecule has 0 N–H and O–H groups in total. The molecule has 1 aliphatic rings. The van der Waals surface area contributed by atoms with Crippen LogP contribution in [0.25, 0.3) is 0 Å². The summed E-state index contributed by atoms with van der Waals surface area (Å²) in [5, 5.41) is 0. The van der Waals surface area contributed by atoms with Gasteiger partial charge in [0.15, 0.2) is 6.29 Å². The van der Waals surface area contributed by atoms with Crippen LogP contribution in [0.4, 0.5) is 0 Å². The summed E-state index contributed by atoms with van der Waals surface area (Å²) in [6, 6.07) is 0. The van der Waals surface area contributed by atoms with Gasteiger partial charge in [-0.2, -0.15) is 0 Å². The van der Waals surface area contributed by atoms with Crippen LogP contribution in [0.2, 0.25) is 0 Å². The van der Waals surface area contributed by atoms with Gasteiger partial charge >= 0.3 is 0 Å². The average Bonchev–Trinajstić information content (AvgIpc) is 2.48. The summed E-state index contributed by atoms with van der Waals surface area (Å²) in [7, 11) is 0. The third kappa shape index (κ3) is 2.76. The molecule has 1 heterocycles. The van der Waals surface area contributed by atoms with Crippen molar-refractivity contribution in [3.8, 4) is 0 Å². The Bertz CT molecular complexity index is 123. The van der Waals surface area contributed by atoms with Crippen molar-refractivity contribution in [2.75, 3.05) is 6.61 Å². The highest BCUT2D eigenvalue weighted by molar-refractivity contribution is 4.72. The van der Waals surface area contributed by atoms with E-state index < -0.39 is 0 Å². The Morgan fingerprint density at radius 2 is 2.33 bits per heavy atom. The first-order chi connectivity index (χ1) is 5.74. The van der Waals surface area contributed by atoms with E-state index in [0.717, 1.165) is 12.8 Å². The molecule has 1 saturated heterocycles.